The maximum absolute atomic E-state index is 14.9. The molecule has 2 aliphatic carbocycles. The van der Waals surface area contributed by atoms with Gasteiger partial charge in [0, 0.05) is 0 Å². The molecule has 0 radical (unpaired) electrons. The van der Waals surface area contributed by atoms with Gasteiger partial charge in [0.2, 0.25) is 0 Å². The van der Waals surface area contributed by atoms with Crippen LogP contribution in [0.1, 0.15) is 62.0 Å². The molecule has 0 N–H and O–H groups in total. The van der Waals surface area contributed by atoms with E-state index >= 15 is 0 Å². The first-order valence-electron chi connectivity index (χ1n) is 25.3. The van der Waals surface area contributed by atoms with Gasteiger partial charge in [-0.3, -0.25) is 0 Å². The van der Waals surface area contributed by atoms with Crippen molar-refractivity contribution in [2.45, 2.75) is 30.6 Å². The zero-order valence-electron chi connectivity index (χ0n) is 42.9. The molecule has 0 bridgehead atoms. The van der Waals surface area contributed by atoms with Gasteiger partial charge in [-0.25, -0.2) is 0 Å². The number of hydrogen-bond donors (Lipinski definition) is 0. The fraction of sp³-hybridized carbons (Fsp3) is 0.0909. The molecule has 11 rings (SSSR count). The van der Waals surface area contributed by atoms with Crippen LogP contribution in [-0.4, -0.2) is 20.8 Å². The third kappa shape index (κ3) is 10.4. The standard InChI is InChI=1S/C28H21.C24H13BF10Si.C14H11.Zr/c1-5-13-23(14-6-1)21-27(25-17-9-3-10-18-25)28(26-19-11-4-12-20-26)22-24-15-7-2-8-16-24;1-7-10(12-15(26)19(30)23(34)20(31)16(12)27)11-8(5-4-6-9(11)36(2)3)13(7)25-14-17(28)21(32)24(35)22(33)18(14)29;1-10-8-12-7-6-11-4-2-3-5-13(11)14(12)9-10;/h1-21H;4-7H,1-3H3;2-9H,1H3;. The molecular weight excluding hydrogens is 1110 g/mol. The van der Waals surface area contributed by atoms with Crippen LogP contribution >= 0.6 is 0 Å². The van der Waals surface area contributed by atoms with E-state index in [-0.39, 0.29) is 21.8 Å². The molecule has 0 aliphatic heterocycles. The molecule has 0 spiro atoms. The Morgan fingerprint density at radius 3 is 1.61 bits per heavy atom. The zero-order valence-corrected chi connectivity index (χ0v) is 46.4. The molecule has 0 heterocycles. The van der Waals surface area contributed by atoms with Crippen LogP contribution < -0.4 is 10.7 Å². The number of hydrogen-bond acceptors (Lipinski definition) is 0. The van der Waals surface area contributed by atoms with Gasteiger partial charge in [0.1, 0.15) is 0 Å². The maximum atomic E-state index is 14.9. The van der Waals surface area contributed by atoms with Crippen LogP contribution in [0.2, 0.25) is 13.1 Å². The van der Waals surface area contributed by atoms with E-state index in [0.717, 1.165) is 0 Å². The second-order valence-electron chi connectivity index (χ2n) is 19.5. The third-order valence-corrected chi connectivity index (χ3v) is 20.4. The Balaban J connectivity index is 0.000000181. The first-order valence-corrected chi connectivity index (χ1v) is 30.4. The van der Waals surface area contributed by atoms with Crippen LogP contribution in [0.15, 0.2) is 181 Å². The SMILES string of the molecule is CC1=Cc2ccc3ccccc3c2[CH]1[Zr][C](=C(C(=Cc1ccccc1)c1ccccc1)c1ccccc1)c1ccccc1.CC1C(=Bc2c(F)c(F)c(F)c(F)c2F)c2cccc(=[Si](C)C)c2=C1c1c(F)c(F)c(F)c(F)c1F. The van der Waals surface area contributed by atoms with Crippen molar-refractivity contribution in [2.24, 2.45) is 5.92 Å². The summed E-state index contributed by atoms with van der Waals surface area (Å²) >= 11 is -1.30. The summed E-state index contributed by atoms with van der Waals surface area (Å²) in [4.78, 5) is 0.504. The normalized spacial score (nSPS) is 15.5. The van der Waals surface area contributed by atoms with Gasteiger partial charge in [0.05, 0.1) is 0 Å². The molecular formula is C66H45BF10SiZr. The van der Waals surface area contributed by atoms with E-state index < -0.39 is 107 Å². The summed E-state index contributed by atoms with van der Waals surface area (Å²) in [5.41, 5.74) is 9.19. The van der Waals surface area contributed by atoms with Crippen LogP contribution in [-0.2, 0) is 23.2 Å². The first kappa shape index (κ1) is 55.0. The number of halogens is 10. The number of fused-ring (bicyclic) bond motifs is 4. The fourth-order valence-corrected chi connectivity index (χ4v) is 16.3. The fourth-order valence-electron chi connectivity index (χ4n) is 10.6. The van der Waals surface area contributed by atoms with Crippen LogP contribution in [0.3, 0.4) is 0 Å². The van der Waals surface area contributed by atoms with E-state index in [9.17, 15) is 43.9 Å². The van der Waals surface area contributed by atoms with E-state index in [4.69, 9.17) is 0 Å². The van der Waals surface area contributed by atoms with Crippen molar-refractivity contribution in [1.29, 1.82) is 0 Å². The van der Waals surface area contributed by atoms with Gasteiger partial charge in [-0.2, -0.15) is 0 Å². The van der Waals surface area contributed by atoms with Gasteiger partial charge in [-0.15, -0.1) is 0 Å². The van der Waals surface area contributed by atoms with E-state index in [1.165, 1.54) is 83.2 Å². The summed E-state index contributed by atoms with van der Waals surface area (Å²) in [6.07, 6.45) is 4.83. The molecule has 0 amide bonds. The predicted molar refractivity (Wildman–Crippen MR) is 297 cm³/mol. The molecule has 0 fully saturated rings. The van der Waals surface area contributed by atoms with Gasteiger partial charge in [-0.05, 0) is 0 Å². The Kier molecular flexibility index (Phi) is 16.1. The summed E-state index contributed by atoms with van der Waals surface area (Å²) in [7, 11) is -1.45. The Morgan fingerprint density at radius 2 is 1.03 bits per heavy atom. The molecule has 79 heavy (non-hydrogen) atoms. The van der Waals surface area contributed by atoms with Gasteiger partial charge in [-0.1, -0.05) is 0 Å². The third-order valence-electron chi connectivity index (χ3n) is 14.4. The van der Waals surface area contributed by atoms with Crippen molar-refractivity contribution < 1.29 is 67.1 Å². The summed E-state index contributed by atoms with van der Waals surface area (Å²) in [5.74, 6) is -23.2. The van der Waals surface area contributed by atoms with Gasteiger partial charge < -0.3 is 0 Å². The quantitative estimate of drug-likeness (QED) is 0.0337. The van der Waals surface area contributed by atoms with Gasteiger partial charge in [0.15, 0.2) is 0 Å². The van der Waals surface area contributed by atoms with Crippen LogP contribution in [0, 0.1) is 68.9 Å². The van der Waals surface area contributed by atoms with E-state index in [2.05, 4.69) is 177 Å². The molecule has 0 nitrogen and oxygen atoms in total. The molecule has 13 heteroatoms. The Hall–Kier alpha value is -7.34. The van der Waals surface area contributed by atoms with Crippen molar-refractivity contribution >= 4 is 69.2 Å². The minimum absolute atomic E-state index is 0.0854. The Morgan fingerprint density at radius 1 is 0.519 bits per heavy atom. The summed E-state index contributed by atoms with van der Waals surface area (Å²) in [6.45, 7) is 7.83. The molecule has 0 aromatic heterocycles. The number of benzene rings is 9. The molecule has 0 saturated carbocycles. The second kappa shape index (κ2) is 23.2. The van der Waals surface area contributed by atoms with Crippen LogP contribution in [0.5, 0.6) is 0 Å². The summed E-state index contributed by atoms with van der Waals surface area (Å²) in [5, 5.41) is 2.81. The van der Waals surface area contributed by atoms with Crippen molar-refractivity contribution in [3.8, 4) is 0 Å². The predicted octanol–water partition coefficient (Wildman–Crippen LogP) is 16.3. The van der Waals surface area contributed by atoms with Crippen molar-refractivity contribution in [3.05, 3.63) is 294 Å². The number of allylic oxidation sites excluding steroid dienone is 3. The van der Waals surface area contributed by atoms with Crippen molar-refractivity contribution in [2.75, 3.05) is 0 Å². The molecule has 2 unspecified atom stereocenters. The molecule has 390 valence electrons. The minimum atomic E-state index is -2.37. The van der Waals surface area contributed by atoms with Crippen molar-refractivity contribution in [1.82, 2.24) is 0 Å². The van der Waals surface area contributed by atoms with E-state index in [1.54, 1.807) is 19.2 Å². The topological polar surface area (TPSA) is 0 Å². The zero-order chi connectivity index (χ0) is 55.8. The first-order chi connectivity index (χ1) is 38.1. The van der Waals surface area contributed by atoms with Gasteiger partial charge >= 0.3 is 467 Å². The van der Waals surface area contributed by atoms with E-state index in [1.807, 2.05) is 0 Å². The molecule has 2 atom stereocenters. The number of rotatable bonds is 9. The second-order valence-corrected chi connectivity index (χ2v) is 25.4. The van der Waals surface area contributed by atoms with Gasteiger partial charge in [0.25, 0.3) is 0 Å². The summed E-state index contributed by atoms with van der Waals surface area (Å²) < 4.78 is 144. The Labute approximate surface area is 464 Å². The Bertz CT molecular complexity index is 4080. The molecule has 2 aliphatic rings. The summed E-state index contributed by atoms with van der Waals surface area (Å²) in [6, 6.07) is 61.9. The average molecular weight is 1160 g/mol. The van der Waals surface area contributed by atoms with Crippen molar-refractivity contribution in [3.63, 3.8) is 0 Å². The molecule has 0 saturated heterocycles. The van der Waals surface area contributed by atoms with E-state index in [0.29, 0.717) is 15.4 Å². The average Bonchev–Trinajstić information content (AvgIpc) is 4.05. The van der Waals surface area contributed by atoms with Crippen LogP contribution in [0.25, 0.3) is 42.9 Å². The monoisotopic (exact) mass is 1160 g/mol. The van der Waals surface area contributed by atoms with Crippen LogP contribution in [0.4, 0.5) is 43.9 Å². The molecule has 9 aromatic rings. The molecule has 9 aromatic carbocycles.